The number of hydrogen-bond donors (Lipinski definition) is 1. The Hall–Kier alpha value is -3.01. The third kappa shape index (κ3) is 6.53. The Morgan fingerprint density at radius 1 is 1.03 bits per heavy atom. The minimum absolute atomic E-state index is 0.00385. The van der Waals surface area contributed by atoms with Gasteiger partial charge in [0.25, 0.3) is 0 Å². The number of ether oxygens (including phenoxy) is 1. The van der Waals surface area contributed by atoms with E-state index >= 15 is 0 Å². The summed E-state index contributed by atoms with van der Waals surface area (Å²) < 4.78 is 58.4. The first-order chi connectivity index (χ1) is 13.7. The van der Waals surface area contributed by atoms with E-state index in [-0.39, 0.29) is 17.7 Å². The van der Waals surface area contributed by atoms with Gasteiger partial charge in [0, 0.05) is 5.56 Å². The van der Waals surface area contributed by atoms with Crippen LogP contribution >= 0.6 is 0 Å². The van der Waals surface area contributed by atoms with Crippen molar-refractivity contribution >= 4 is 5.97 Å². The highest BCUT2D eigenvalue weighted by Crippen LogP contribution is 2.33. The molecule has 0 aliphatic rings. The zero-order chi connectivity index (χ0) is 21.4. The van der Waals surface area contributed by atoms with E-state index in [0.717, 1.165) is 43.9 Å². The predicted octanol–water partition coefficient (Wildman–Crippen LogP) is 5.69. The van der Waals surface area contributed by atoms with Gasteiger partial charge in [-0.3, -0.25) is 0 Å². The Balaban J connectivity index is 2.14. The smallest absolute Gasteiger partial charge is 0.417 e. The lowest BCUT2D eigenvalue weighted by molar-refractivity contribution is -0.137. The van der Waals surface area contributed by atoms with Gasteiger partial charge in [0.05, 0.1) is 23.3 Å². The third-order valence-corrected chi connectivity index (χ3v) is 4.08. The topological polar surface area (TPSA) is 46.5 Å². The molecule has 2 aromatic carbocycles. The summed E-state index contributed by atoms with van der Waals surface area (Å²) in [4.78, 5) is 11.9. The van der Waals surface area contributed by atoms with Gasteiger partial charge in [-0.25, -0.2) is 9.18 Å². The molecule has 0 aliphatic heterocycles. The first-order valence-corrected chi connectivity index (χ1v) is 9.11. The zero-order valence-corrected chi connectivity index (χ0v) is 15.8. The van der Waals surface area contributed by atoms with Crippen LogP contribution in [0.2, 0.25) is 0 Å². The van der Waals surface area contributed by atoms with E-state index in [9.17, 15) is 27.5 Å². The van der Waals surface area contributed by atoms with Gasteiger partial charge in [0.2, 0.25) is 0 Å². The summed E-state index contributed by atoms with van der Waals surface area (Å²) in [5.74, 6) is 2.54. The summed E-state index contributed by atoms with van der Waals surface area (Å²) in [5.41, 5.74) is -1.67. The quantitative estimate of drug-likeness (QED) is 0.289. The van der Waals surface area contributed by atoms with Crippen LogP contribution in [-0.4, -0.2) is 17.7 Å². The summed E-state index contributed by atoms with van der Waals surface area (Å²) >= 11 is 0. The molecule has 0 bridgehead atoms. The van der Waals surface area contributed by atoms with Crippen molar-refractivity contribution in [2.75, 3.05) is 6.61 Å². The van der Waals surface area contributed by atoms with Crippen LogP contribution in [0.1, 0.15) is 59.7 Å². The van der Waals surface area contributed by atoms with Gasteiger partial charge in [0.15, 0.2) is 0 Å². The Bertz CT molecular complexity index is 924. The van der Waals surface area contributed by atoms with E-state index in [1.165, 1.54) is 12.1 Å². The van der Waals surface area contributed by atoms with E-state index in [1.807, 2.05) is 0 Å². The lowest BCUT2D eigenvalue weighted by atomic mass is 10.1. The lowest BCUT2D eigenvalue weighted by Gasteiger charge is -2.09. The molecule has 0 fully saturated rings. The van der Waals surface area contributed by atoms with Gasteiger partial charge >= 0.3 is 12.1 Å². The average Bonchev–Trinajstić information content (AvgIpc) is 2.66. The Labute approximate surface area is 166 Å². The van der Waals surface area contributed by atoms with Crippen molar-refractivity contribution in [3.63, 3.8) is 0 Å². The van der Waals surface area contributed by atoms with Crippen molar-refractivity contribution in [1.29, 1.82) is 0 Å². The number of aromatic hydroxyl groups is 1. The van der Waals surface area contributed by atoms with Crippen molar-refractivity contribution in [2.24, 2.45) is 0 Å². The maximum Gasteiger partial charge on any atom is 0.417 e. The van der Waals surface area contributed by atoms with Crippen LogP contribution in [0.5, 0.6) is 5.75 Å². The number of phenols is 1. The van der Waals surface area contributed by atoms with Crippen molar-refractivity contribution < 1.29 is 32.2 Å². The molecule has 0 atom stereocenters. The third-order valence-electron chi connectivity index (χ3n) is 4.08. The summed E-state index contributed by atoms with van der Waals surface area (Å²) in [6.45, 7) is 2.30. The van der Waals surface area contributed by atoms with E-state index in [2.05, 4.69) is 18.8 Å². The van der Waals surface area contributed by atoms with Crippen LogP contribution in [-0.2, 0) is 10.9 Å². The van der Waals surface area contributed by atoms with Crippen LogP contribution in [0.4, 0.5) is 17.6 Å². The molecule has 29 heavy (non-hydrogen) atoms. The minimum atomic E-state index is -4.72. The summed E-state index contributed by atoms with van der Waals surface area (Å²) in [7, 11) is 0. The highest BCUT2D eigenvalue weighted by Gasteiger charge is 2.33. The molecule has 2 rings (SSSR count). The number of benzene rings is 2. The fourth-order valence-electron chi connectivity index (χ4n) is 2.53. The molecule has 0 amide bonds. The normalized spacial score (nSPS) is 10.9. The predicted molar refractivity (Wildman–Crippen MR) is 99.9 cm³/mol. The number of carbonyl (C=O) groups is 1. The van der Waals surface area contributed by atoms with Crippen LogP contribution < -0.4 is 0 Å². The van der Waals surface area contributed by atoms with Gasteiger partial charge in [-0.1, -0.05) is 38.0 Å². The first kappa shape index (κ1) is 22.3. The highest BCUT2D eigenvalue weighted by atomic mass is 19.4. The fourth-order valence-corrected chi connectivity index (χ4v) is 2.53. The van der Waals surface area contributed by atoms with Crippen molar-refractivity contribution in [1.82, 2.24) is 0 Å². The van der Waals surface area contributed by atoms with Crippen LogP contribution in [0, 0.1) is 17.7 Å². The van der Waals surface area contributed by atoms with Gasteiger partial charge < -0.3 is 9.84 Å². The summed E-state index contributed by atoms with van der Waals surface area (Å²) in [5, 5.41) is 9.26. The second-order valence-corrected chi connectivity index (χ2v) is 6.37. The summed E-state index contributed by atoms with van der Waals surface area (Å²) in [6.07, 6.45) is -0.970. The van der Waals surface area contributed by atoms with Crippen molar-refractivity contribution in [3.05, 3.63) is 64.5 Å². The molecular formula is C22H20F4O3. The number of unbranched alkanes of at least 4 members (excludes halogenated alkanes) is 3. The number of rotatable bonds is 6. The molecule has 1 N–H and O–H groups in total. The van der Waals surface area contributed by atoms with E-state index in [4.69, 9.17) is 4.74 Å². The number of phenolic OH excluding ortho intramolecular Hbond substituents is 1. The van der Waals surface area contributed by atoms with Crippen molar-refractivity contribution in [3.8, 4) is 17.6 Å². The van der Waals surface area contributed by atoms with Gasteiger partial charge in [-0.2, -0.15) is 13.2 Å². The summed E-state index contributed by atoms with van der Waals surface area (Å²) in [6, 6.07) is 6.09. The minimum Gasteiger partial charge on any atom is -0.508 e. The number of carbonyl (C=O) groups excluding carboxylic acids is 1. The Kier molecular flexibility index (Phi) is 7.66. The molecule has 0 saturated carbocycles. The second kappa shape index (κ2) is 9.97. The molecule has 2 aromatic rings. The molecule has 0 aromatic heterocycles. The van der Waals surface area contributed by atoms with Crippen LogP contribution in [0.3, 0.4) is 0 Å². The molecule has 0 radical (unpaired) electrons. The molecule has 0 unspecified atom stereocenters. The number of halogens is 4. The van der Waals surface area contributed by atoms with Gasteiger partial charge in [0.1, 0.15) is 11.6 Å². The number of hydrogen-bond acceptors (Lipinski definition) is 3. The Morgan fingerprint density at radius 3 is 2.38 bits per heavy atom. The van der Waals surface area contributed by atoms with E-state index < -0.39 is 34.8 Å². The SMILES string of the molecule is CCCCCCOC(=O)c1ccc(C#Cc2ccc(O)cc2C(F)(F)F)c(F)c1. The zero-order valence-electron chi connectivity index (χ0n) is 15.8. The molecule has 0 spiro atoms. The fraction of sp³-hybridized carbons (Fsp3) is 0.318. The molecule has 3 nitrogen and oxygen atoms in total. The highest BCUT2D eigenvalue weighted by molar-refractivity contribution is 5.89. The second-order valence-electron chi connectivity index (χ2n) is 6.37. The van der Waals surface area contributed by atoms with Crippen LogP contribution in [0.15, 0.2) is 36.4 Å². The largest absolute Gasteiger partial charge is 0.508 e. The number of esters is 1. The van der Waals surface area contributed by atoms with Gasteiger partial charge in [-0.15, -0.1) is 0 Å². The number of alkyl halides is 3. The molecule has 0 saturated heterocycles. The van der Waals surface area contributed by atoms with Crippen molar-refractivity contribution in [2.45, 2.75) is 38.8 Å². The molecular weight excluding hydrogens is 388 g/mol. The molecule has 154 valence electrons. The lowest BCUT2D eigenvalue weighted by Crippen LogP contribution is -2.07. The molecule has 0 heterocycles. The van der Waals surface area contributed by atoms with Gasteiger partial charge in [-0.05, 0) is 42.8 Å². The van der Waals surface area contributed by atoms with E-state index in [1.54, 1.807) is 0 Å². The average molecular weight is 408 g/mol. The monoisotopic (exact) mass is 408 g/mol. The van der Waals surface area contributed by atoms with E-state index in [0.29, 0.717) is 6.07 Å². The first-order valence-electron chi connectivity index (χ1n) is 9.11. The maximum atomic E-state index is 14.2. The van der Waals surface area contributed by atoms with Crippen LogP contribution in [0.25, 0.3) is 0 Å². The maximum absolute atomic E-state index is 14.2. The molecule has 0 aliphatic carbocycles. The molecule has 7 heteroatoms. The standard InChI is InChI=1S/C22H20F4O3/c1-2-3-4-5-12-29-21(28)17-9-8-16(20(23)13-17)7-6-15-10-11-18(27)14-19(15)22(24,25)26/h8-11,13-14,27H,2-5,12H2,1H3. The Morgan fingerprint density at radius 2 is 1.72 bits per heavy atom.